The maximum absolute atomic E-state index is 14.0. The second-order valence-electron chi connectivity index (χ2n) is 12.4. The number of ether oxygens (including phenoxy) is 6. The lowest BCUT2D eigenvalue weighted by atomic mass is 9.83. The highest BCUT2D eigenvalue weighted by molar-refractivity contribution is 5.81. The van der Waals surface area contributed by atoms with E-state index in [2.05, 4.69) is 5.32 Å². The maximum Gasteiger partial charge on any atom is 0.252 e. The quantitative estimate of drug-likeness (QED) is 0.0869. The van der Waals surface area contributed by atoms with E-state index in [4.69, 9.17) is 62.8 Å². The first-order valence-electron chi connectivity index (χ1n) is 15.8. The molecule has 0 aromatic heterocycles. The summed E-state index contributed by atoms with van der Waals surface area (Å²) in [6.45, 7) is -0.735. The molecular weight excluding hydrogens is 617 g/mol. The van der Waals surface area contributed by atoms with Crippen molar-refractivity contribution in [1.29, 1.82) is 0 Å². The Morgan fingerprint density at radius 1 is 0.804 bits per heavy atom. The Labute approximate surface area is 266 Å². The smallest absolute Gasteiger partial charge is 0.252 e. The summed E-state index contributed by atoms with van der Waals surface area (Å²) in [7, 11) is 0. The highest BCUT2D eigenvalue weighted by Crippen LogP contribution is 2.34. The van der Waals surface area contributed by atoms with Crippen LogP contribution in [0.4, 0.5) is 4.39 Å². The molecule has 4 fully saturated rings. The van der Waals surface area contributed by atoms with Crippen molar-refractivity contribution in [1.82, 2.24) is 5.32 Å². The molecule has 0 aromatic rings. The lowest BCUT2D eigenvalue weighted by Gasteiger charge is -2.46. The Hall–Kier alpha value is -1.24. The summed E-state index contributed by atoms with van der Waals surface area (Å²) in [4.78, 5) is 12.6. The number of aliphatic hydroxyl groups is 4. The summed E-state index contributed by atoms with van der Waals surface area (Å²) in [5, 5.41) is 45.3. The fourth-order valence-corrected chi connectivity index (χ4v) is 6.23. The first-order valence-corrected chi connectivity index (χ1v) is 15.8. The molecule has 1 aliphatic carbocycles. The van der Waals surface area contributed by atoms with Crippen LogP contribution in [-0.2, 0) is 33.2 Å². The van der Waals surface area contributed by atoms with Crippen LogP contribution >= 0.6 is 0 Å². The van der Waals surface area contributed by atoms with Crippen LogP contribution in [0.5, 0.6) is 0 Å². The number of halogens is 1. The van der Waals surface area contributed by atoms with E-state index < -0.39 is 111 Å². The van der Waals surface area contributed by atoms with Crippen LogP contribution in [0.2, 0.25) is 0 Å². The van der Waals surface area contributed by atoms with Gasteiger partial charge >= 0.3 is 0 Å². The van der Waals surface area contributed by atoms with E-state index in [1.165, 1.54) is 0 Å². The zero-order valence-corrected chi connectivity index (χ0v) is 25.7. The molecule has 0 bridgehead atoms. The van der Waals surface area contributed by atoms with Gasteiger partial charge in [-0.15, -0.1) is 0 Å². The van der Waals surface area contributed by atoms with E-state index in [9.17, 15) is 29.6 Å². The third kappa shape index (κ3) is 8.67. The van der Waals surface area contributed by atoms with Crippen molar-refractivity contribution in [3.63, 3.8) is 0 Å². The monoisotopic (exact) mass is 669 g/mol. The van der Waals surface area contributed by atoms with Crippen LogP contribution < -0.4 is 39.7 Å². The number of aliphatic hydroxyl groups excluding tert-OH is 4. The Bertz CT molecular complexity index is 968. The van der Waals surface area contributed by atoms with Crippen LogP contribution in [0.25, 0.3) is 0 Å². The summed E-state index contributed by atoms with van der Waals surface area (Å²) in [6, 6.07) is -3.21. The normalized spacial score (nSPS) is 44.9. The van der Waals surface area contributed by atoms with Crippen LogP contribution in [0, 0.1) is 0 Å². The summed E-state index contributed by atoms with van der Waals surface area (Å²) in [6.07, 6.45) is -13.9. The predicted molar refractivity (Wildman–Crippen MR) is 157 cm³/mol. The third-order valence-electron chi connectivity index (χ3n) is 9.05. The molecule has 17 N–H and O–H groups in total. The molecule has 3 heterocycles. The van der Waals surface area contributed by atoms with E-state index in [-0.39, 0.29) is 31.7 Å². The maximum atomic E-state index is 14.0. The average Bonchev–Trinajstić information content (AvgIpc) is 3.35. The SMILES string of the molecule is NCC1CCC(N)C(OC2C(CO)OC(OC3C(O)C(NC(=O)C(O)C(F)CN)CC(N)C3OC3OC(CN)CCC3N)C2O)O1. The molecule has 3 aliphatic heterocycles. The van der Waals surface area contributed by atoms with Gasteiger partial charge in [-0.25, -0.2) is 4.39 Å². The molecule has 4 rings (SSSR count). The van der Waals surface area contributed by atoms with E-state index in [0.717, 1.165) is 0 Å². The largest absolute Gasteiger partial charge is 0.394 e. The van der Waals surface area contributed by atoms with Gasteiger partial charge in [0.25, 0.3) is 5.91 Å². The van der Waals surface area contributed by atoms with Gasteiger partial charge in [-0.2, -0.15) is 0 Å². The van der Waals surface area contributed by atoms with Gasteiger partial charge in [-0.05, 0) is 32.1 Å². The minimum atomic E-state index is -2.10. The molecule has 17 atom stereocenters. The number of nitrogens with two attached hydrogens (primary N) is 6. The fraction of sp³-hybridized carbons (Fsp3) is 0.963. The molecule has 0 aromatic carbocycles. The molecule has 0 spiro atoms. The number of nitrogens with one attached hydrogen (secondary N) is 1. The summed E-state index contributed by atoms with van der Waals surface area (Å²) in [5.41, 5.74) is 35.7. The van der Waals surface area contributed by atoms with Gasteiger partial charge in [0.05, 0.1) is 36.9 Å². The van der Waals surface area contributed by atoms with Crippen molar-refractivity contribution in [2.24, 2.45) is 34.4 Å². The van der Waals surface area contributed by atoms with Crippen molar-refractivity contribution in [3.05, 3.63) is 0 Å². The first kappa shape index (κ1) is 37.6. The highest BCUT2D eigenvalue weighted by Gasteiger charge is 2.53. The Kier molecular flexibility index (Phi) is 13.8. The molecule has 46 heavy (non-hydrogen) atoms. The summed E-state index contributed by atoms with van der Waals surface area (Å²) >= 11 is 0. The molecular formula is C27H52FN7O11. The third-order valence-corrected chi connectivity index (χ3v) is 9.05. The van der Waals surface area contributed by atoms with Gasteiger partial charge in [-0.3, -0.25) is 4.79 Å². The molecule has 18 nitrogen and oxygen atoms in total. The van der Waals surface area contributed by atoms with E-state index >= 15 is 0 Å². The molecule has 1 amide bonds. The minimum Gasteiger partial charge on any atom is -0.394 e. The molecule has 268 valence electrons. The summed E-state index contributed by atoms with van der Waals surface area (Å²) in [5.74, 6) is -1.12. The van der Waals surface area contributed by atoms with Gasteiger partial charge in [0.15, 0.2) is 25.0 Å². The van der Waals surface area contributed by atoms with Gasteiger partial charge in [-0.1, -0.05) is 0 Å². The molecule has 4 aliphatic rings. The first-order chi connectivity index (χ1) is 21.9. The van der Waals surface area contributed by atoms with E-state index in [1.807, 2.05) is 0 Å². The standard InChI is InChI=1S/C27H52FN7O11/c28-12(8-31)18(37)24(40)35-16-5-15(34)21(44-25-13(32)3-1-10(6-29)41-25)23(19(16)38)46-27-20(39)22(17(9-36)43-27)45-26-14(33)4-2-11(7-30)42-26/h10-23,25-27,36-39H,1-9,29-34H2,(H,35,40). The second-order valence-corrected chi connectivity index (χ2v) is 12.4. The topological polar surface area (TPSA) is 322 Å². The lowest BCUT2D eigenvalue weighted by molar-refractivity contribution is -0.288. The number of hydrogen-bond donors (Lipinski definition) is 11. The molecule has 3 saturated heterocycles. The number of carbonyl (C=O) groups is 1. The number of hydrogen-bond acceptors (Lipinski definition) is 17. The Morgan fingerprint density at radius 2 is 1.35 bits per heavy atom. The second kappa shape index (κ2) is 16.9. The summed E-state index contributed by atoms with van der Waals surface area (Å²) < 4.78 is 49.8. The van der Waals surface area contributed by atoms with Gasteiger partial charge < -0.3 is 88.6 Å². The van der Waals surface area contributed by atoms with Crippen LogP contribution in [0.1, 0.15) is 32.1 Å². The van der Waals surface area contributed by atoms with Crippen LogP contribution in [-0.4, -0.2) is 157 Å². The van der Waals surface area contributed by atoms with Crippen molar-refractivity contribution >= 4 is 5.91 Å². The Morgan fingerprint density at radius 3 is 1.87 bits per heavy atom. The zero-order valence-electron chi connectivity index (χ0n) is 25.7. The van der Waals surface area contributed by atoms with E-state index in [1.54, 1.807) is 0 Å². The number of amides is 1. The van der Waals surface area contributed by atoms with Crippen LogP contribution in [0.3, 0.4) is 0 Å². The minimum absolute atomic E-state index is 0.0930. The number of carbonyl (C=O) groups excluding carboxylic acids is 1. The lowest BCUT2D eigenvalue weighted by Crippen LogP contribution is -2.67. The fourth-order valence-electron chi connectivity index (χ4n) is 6.23. The number of rotatable bonds is 13. The van der Waals surface area contributed by atoms with E-state index in [0.29, 0.717) is 25.7 Å². The van der Waals surface area contributed by atoms with Crippen molar-refractivity contribution < 1.29 is 58.0 Å². The molecule has 1 saturated carbocycles. The van der Waals surface area contributed by atoms with Gasteiger partial charge in [0, 0.05) is 25.7 Å². The predicted octanol–water partition coefficient (Wildman–Crippen LogP) is -5.96. The molecule has 0 radical (unpaired) electrons. The van der Waals surface area contributed by atoms with Gasteiger partial charge in [0.1, 0.15) is 42.8 Å². The van der Waals surface area contributed by atoms with Crippen molar-refractivity contribution in [2.75, 3.05) is 26.2 Å². The number of alkyl halides is 1. The molecule has 17 unspecified atom stereocenters. The zero-order chi connectivity index (χ0) is 33.7. The van der Waals surface area contributed by atoms with Gasteiger partial charge in [0.2, 0.25) is 0 Å². The average molecular weight is 670 g/mol. The molecule has 19 heteroatoms. The van der Waals surface area contributed by atoms with Crippen molar-refractivity contribution in [2.45, 2.75) is 136 Å². The van der Waals surface area contributed by atoms with Crippen LogP contribution in [0.15, 0.2) is 0 Å². The Balaban J connectivity index is 1.54. The highest BCUT2D eigenvalue weighted by atomic mass is 19.1. The van der Waals surface area contributed by atoms with Crippen molar-refractivity contribution in [3.8, 4) is 0 Å².